The van der Waals surface area contributed by atoms with E-state index in [1.807, 2.05) is 19.1 Å². The molecule has 2 aromatic rings. The van der Waals surface area contributed by atoms with Gasteiger partial charge >= 0.3 is 0 Å². The summed E-state index contributed by atoms with van der Waals surface area (Å²) in [7, 11) is -3.49. The molecule has 7 heteroatoms. The first-order chi connectivity index (χ1) is 9.87. The predicted octanol–water partition coefficient (Wildman–Crippen LogP) is 2.72. The second kappa shape index (κ2) is 6.44. The van der Waals surface area contributed by atoms with E-state index in [1.165, 1.54) is 0 Å². The number of hydrogen-bond donors (Lipinski definition) is 2. The van der Waals surface area contributed by atoms with Gasteiger partial charge in [-0.25, -0.2) is 8.42 Å². The van der Waals surface area contributed by atoms with Crippen molar-refractivity contribution in [1.29, 1.82) is 0 Å². The quantitative estimate of drug-likeness (QED) is 0.793. The monoisotopic (exact) mass is 369 g/mol. The van der Waals surface area contributed by atoms with Crippen molar-refractivity contribution in [2.24, 2.45) is 0 Å². The number of nitrogens with two attached hydrogens (primary N) is 1. The summed E-state index contributed by atoms with van der Waals surface area (Å²) >= 11 is 3.33. The van der Waals surface area contributed by atoms with Gasteiger partial charge in [-0.1, -0.05) is 6.07 Å². The van der Waals surface area contributed by atoms with Crippen molar-refractivity contribution in [3.63, 3.8) is 0 Å². The van der Waals surface area contributed by atoms with Crippen LogP contribution in [0.3, 0.4) is 0 Å². The molecule has 21 heavy (non-hydrogen) atoms. The van der Waals surface area contributed by atoms with Gasteiger partial charge < -0.3 is 5.73 Å². The van der Waals surface area contributed by atoms with Crippen molar-refractivity contribution < 1.29 is 8.42 Å². The average Bonchev–Trinajstić information content (AvgIpc) is 2.42. The van der Waals surface area contributed by atoms with Gasteiger partial charge in [0.2, 0.25) is 10.0 Å². The molecule has 0 unspecified atom stereocenters. The minimum absolute atomic E-state index is 0.0518. The van der Waals surface area contributed by atoms with Crippen LogP contribution in [0.2, 0.25) is 0 Å². The Labute approximate surface area is 132 Å². The van der Waals surface area contributed by atoms with Crippen LogP contribution in [0.4, 0.5) is 11.4 Å². The number of hydrogen-bond acceptors (Lipinski definition) is 4. The van der Waals surface area contributed by atoms with E-state index in [-0.39, 0.29) is 5.75 Å². The van der Waals surface area contributed by atoms with Gasteiger partial charge in [0.05, 0.1) is 17.1 Å². The molecule has 0 atom stereocenters. The smallest absolute Gasteiger partial charge is 0.233 e. The lowest BCUT2D eigenvalue weighted by Crippen LogP contribution is -2.19. The third-order valence-corrected chi connectivity index (χ3v) is 4.76. The number of nitrogen functional groups attached to an aromatic ring is 1. The van der Waals surface area contributed by atoms with Crippen LogP contribution in [0, 0.1) is 6.92 Å². The number of aromatic nitrogens is 1. The van der Waals surface area contributed by atoms with Crippen LogP contribution < -0.4 is 10.5 Å². The van der Waals surface area contributed by atoms with Crippen LogP contribution >= 0.6 is 15.9 Å². The Bertz CT molecular complexity index is 710. The van der Waals surface area contributed by atoms with Crippen LogP contribution in [-0.4, -0.2) is 19.2 Å². The molecule has 1 aromatic heterocycles. The first-order valence-corrected chi connectivity index (χ1v) is 8.78. The number of nitrogens with one attached hydrogen (secondary N) is 1. The second-order valence-corrected chi connectivity index (χ2v) is 7.40. The van der Waals surface area contributed by atoms with E-state index in [4.69, 9.17) is 5.73 Å². The number of benzene rings is 1. The highest BCUT2D eigenvalue weighted by Crippen LogP contribution is 2.31. The third kappa shape index (κ3) is 4.44. The Morgan fingerprint density at radius 3 is 2.71 bits per heavy atom. The number of sulfonamides is 1. The highest BCUT2D eigenvalue weighted by atomic mass is 79.9. The van der Waals surface area contributed by atoms with E-state index in [1.54, 1.807) is 24.4 Å². The van der Waals surface area contributed by atoms with Crippen molar-refractivity contribution >= 4 is 37.3 Å². The topological polar surface area (TPSA) is 85.1 Å². The number of aryl methyl sites for hydroxylation is 2. The fourth-order valence-electron chi connectivity index (χ4n) is 1.87. The fourth-order valence-corrected chi connectivity index (χ4v) is 3.81. The van der Waals surface area contributed by atoms with E-state index < -0.39 is 10.0 Å². The number of nitrogens with zero attached hydrogens (tertiary/aromatic N) is 1. The predicted molar refractivity (Wildman–Crippen MR) is 88.6 cm³/mol. The Morgan fingerprint density at radius 2 is 2.10 bits per heavy atom. The van der Waals surface area contributed by atoms with E-state index in [0.717, 1.165) is 11.3 Å². The summed E-state index contributed by atoms with van der Waals surface area (Å²) in [6.45, 7) is 1.89. The summed E-state index contributed by atoms with van der Waals surface area (Å²) in [5.41, 5.74) is 8.33. The molecular formula is C14H16BrN3O2S. The molecule has 0 bridgehead atoms. The zero-order valence-corrected chi connectivity index (χ0v) is 13.9. The number of pyridine rings is 1. The van der Waals surface area contributed by atoms with Gasteiger partial charge in [0.25, 0.3) is 0 Å². The van der Waals surface area contributed by atoms with Gasteiger partial charge in [-0.3, -0.25) is 9.71 Å². The maximum atomic E-state index is 12.1. The van der Waals surface area contributed by atoms with Crippen LogP contribution in [0.5, 0.6) is 0 Å². The number of rotatable bonds is 5. The molecule has 2 rings (SSSR count). The van der Waals surface area contributed by atoms with Gasteiger partial charge in [0.15, 0.2) is 0 Å². The molecular weight excluding hydrogens is 354 g/mol. The van der Waals surface area contributed by atoms with Gasteiger partial charge in [0.1, 0.15) is 0 Å². The van der Waals surface area contributed by atoms with Gasteiger partial charge in [-0.05, 0) is 52.7 Å². The van der Waals surface area contributed by atoms with Crippen LogP contribution in [0.1, 0.15) is 11.3 Å². The third-order valence-electron chi connectivity index (χ3n) is 2.88. The van der Waals surface area contributed by atoms with Crippen molar-refractivity contribution in [3.05, 3.63) is 52.3 Å². The Balaban J connectivity index is 2.11. The first-order valence-electron chi connectivity index (χ1n) is 6.33. The molecule has 1 aromatic carbocycles. The lowest BCUT2D eigenvalue weighted by molar-refractivity contribution is 0.600. The molecule has 0 amide bonds. The lowest BCUT2D eigenvalue weighted by Gasteiger charge is -2.13. The minimum atomic E-state index is -3.49. The highest BCUT2D eigenvalue weighted by molar-refractivity contribution is 9.10. The van der Waals surface area contributed by atoms with Gasteiger partial charge in [0, 0.05) is 22.8 Å². The van der Waals surface area contributed by atoms with E-state index in [2.05, 4.69) is 25.6 Å². The Hall–Kier alpha value is -1.60. The second-order valence-electron chi connectivity index (χ2n) is 4.70. The van der Waals surface area contributed by atoms with Crippen LogP contribution in [0.15, 0.2) is 41.0 Å². The fraction of sp³-hybridized carbons (Fsp3) is 0.214. The lowest BCUT2D eigenvalue weighted by atomic mass is 10.2. The molecule has 0 aliphatic rings. The summed E-state index contributed by atoms with van der Waals surface area (Å²) in [5, 5.41) is 0. The summed E-state index contributed by atoms with van der Waals surface area (Å²) < 4.78 is 27.4. The van der Waals surface area contributed by atoms with Gasteiger partial charge in [-0.2, -0.15) is 0 Å². The summed E-state index contributed by atoms with van der Waals surface area (Å²) in [6.07, 6.45) is 1.99. The summed E-state index contributed by atoms with van der Waals surface area (Å²) in [5.74, 6) is -0.0518. The molecule has 1 heterocycles. The molecule has 112 valence electrons. The molecule has 3 N–H and O–H groups in total. The van der Waals surface area contributed by atoms with E-state index in [9.17, 15) is 8.42 Å². The van der Waals surface area contributed by atoms with Crippen LogP contribution in [0.25, 0.3) is 0 Å². The highest BCUT2D eigenvalue weighted by Gasteiger charge is 2.15. The molecule has 0 aliphatic carbocycles. The van der Waals surface area contributed by atoms with Crippen molar-refractivity contribution in [3.8, 4) is 0 Å². The maximum Gasteiger partial charge on any atom is 0.233 e. The largest absolute Gasteiger partial charge is 0.397 e. The molecule has 0 fully saturated rings. The van der Waals surface area contributed by atoms with Crippen molar-refractivity contribution in [2.75, 3.05) is 16.2 Å². The molecule has 0 aliphatic heterocycles. The van der Waals surface area contributed by atoms with Gasteiger partial charge in [-0.15, -0.1) is 0 Å². The van der Waals surface area contributed by atoms with Crippen molar-refractivity contribution in [2.45, 2.75) is 13.3 Å². The Morgan fingerprint density at radius 1 is 1.33 bits per heavy atom. The molecule has 0 radical (unpaired) electrons. The SMILES string of the molecule is Cc1cc(N)c(NS(=O)(=O)CCc2ccccn2)c(Br)c1. The van der Waals surface area contributed by atoms with E-state index in [0.29, 0.717) is 22.3 Å². The number of halogens is 1. The molecule has 0 spiro atoms. The number of anilines is 2. The normalized spacial score (nSPS) is 11.3. The maximum absolute atomic E-state index is 12.1. The van der Waals surface area contributed by atoms with Crippen LogP contribution in [-0.2, 0) is 16.4 Å². The molecule has 5 nitrogen and oxygen atoms in total. The zero-order chi connectivity index (χ0) is 15.5. The molecule has 0 saturated heterocycles. The Kier molecular flexibility index (Phi) is 4.84. The van der Waals surface area contributed by atoms with E-state index >= 15 is 0 Å². The van der Waals surface area contributed by atoms with Crippen molar-refractivity contribution in [1.82, 2.24) is 4.98 Å². The summed E-state index contributed by atoms with van der Waals surface area (Å²) in [4.78, 5) is 4.11. The first kappa shape index (κ1) is 15.8. The zero-order valence-electron chi connectivity index (χ0n) is 11.5. The molecule has 0 saturated carbocycles. The minimum Gasteiger partial charge on any atom is -0.397 e. The standard InChI is InChI=1S/C14H16BrN3O2S/c1-10-8-12(15)14(13(16)9-10)18-21(19,20)7-5-11-4-2-3-6-17-11/h2-4,6,8-9,18H,5,7,16H2,1H3. The summed E-state index contributed by atoms with van der Waals surface area (Å²) in [6, 6.07) is 8.96. The average molecular weight is 370 g/mol.